The Labute approximate surface area is 206 Å². The third-order valence-electron chi connectivity index (χ3n) is 5.53. The molecule has 9 nitrogen and oxygen atoms in total. The van der Waals surface area contributed by atoms with Gasteiger partial charge in [0.25, 0.3) is 0 Å². The zero-order valence-corrected chi connectivity index (χ0v) is 19.7. The molecule has 0 radical (unpaired) electrons. The second-order valence-corrected chi connectivity index (χ2v) is 8.16. The number of aliphatic hydroxyl groups is 1. The van der Waals surface area contributed by atoms with E-state index in [-0.39, 0.29) is 12.6 Å². The molecule has 0 atom stereocenters. The van der Waals surface area contributed by atoms with Gasteiger partial charge in [-0.05, 0) is 36.8 Å². The van der Waals surface area contributed by atoms with E-state index in [9.17, 15) is 18.3 Å². The zero-order valence-electron chi connectivity index (χ0n) is 19.7. The molecule has 2 aromatic heterocycles. The van der Waals surface area contributed by atoms with Crippen molar-refractivity contribution >= 4 is 35.9 Å². The maximum Gasteiger partial charge on any atom is 0.416 e. The monoisotopic (exact) mass is 500 g/mol. The van der Waals surface area contributed by atoms with E-state index in [1.807, 2.05) is 24.0 Å². The number of nitrogens with one attached hydrogen (secondary N) is 2. The molecular weight excluding hydrogens is 473 g/mol. The summed E-state index contributed by atoms with van der Waals surface area (Å²) in [5, 5.41) is 19.3. The minimum absolute atomic E-state index is 0.100. The van der Waals surface area contributed by atoms with E-state index < -0.39 is 11.7 Å². The Bertz CT molecular complexity index is 1220. The van der Waals surface area contributed by atoms with Crippen molar-refractivity contribution in [2.45, 2.75) is 13.1 Å². The molecule has 0 unspecified atom stereocenters. The fourth-order valence-corrected chi connectivity index (χ4v) is 3.74. The van der Waals surface area contributed by atoms with E-state index in [1.165, 1.54) is 12.1 Å². The van der Waals surface area contributed by atoms with Crippen LogP contribution in [0.15, 0.2) is 36.4 Å². The van der Waals surface area contributed by atoms with Crippen LogP contribution in [0.4, 0.5) is 30.9 Å². The number of nitrogens with zero attached hydrogens (tertiary/aromatic N) is 6. The normalized spacial score (nSPS) is 15.3. The Balaban J connectivity index is 1.60. The SMILES string of the molecule is C/C=C/c1cc(Nc2nc(/C=C/c3cccc(C(F)(F)F)c3)nc(N3CCN(CCO)CC3)n2)n[nH]1. The van der Waals surface area contributed by atoms with Crippen LogP contribution in [0.2, 0.25) is 0 Å². The molecule has 3 aromatic rings. The smallest absolute Gasteiger partial charge is 0.395 e. The van der Waals surface area contributed by atoms with Crippen LogP contribution in [0.25, 0.3) is 18.2 Å². The summed E-state index contributed by atoms with van der Waals surface area (Å²) in [5.41, 5.74) is 0.459. The van der Waals surface area contributed by atoms with Gasteiger partial charge in [-0.25, -0.2) is 0 Å². The maximum atomic E-state index is 13.1. The molecule has 0 amide bonds. The molecule has 0 bridgehead atoms. The highest BCUT2D eigenvalue weighted by Crippen LogP contribution is 2.30. The van der Waals surface area contributed by atoms with E-state index in [0.717, 1.165) is 30.9 Å². The van der Waals surface area contributed by atoms with Crippen LogP contribution in [0.3, 0.4) is 0 Å². The predicted molar refractivity (Wildman–Crippen MR) is 133 cm³/mol. The number of hydrogen-bond acceptors (Lipinski definition) is 8. The number of aliphatic hydroxyl groups excluding tert-OH is 1. The van der Waals surface area contributed by atoms with Crippen molar-refractivity contribution in [1.82, 2.24) is 30.0 Å². The molecule has 3 heterocycles. The standard InChI is InChI=1S/C24H27F3N8O/c1-2-4-19-16-21(33-32-19)29-22-28-20(8-7-17-5-3-6-18(15-17)24(25,26)27)30-23(31-22)35-11-9-34(10-12-35)13-14-36/h2-8,15-16,36H,9-14H2,1H3,(H2,28,29,30,31,32,33)/b4-2+,8-7+. The molecule has 0 spiro atoms. The Morgan fingerprint density at radius 3 is 2.58 bits per heavy atom. The number of rotatable bonds is 8. The quantitative estimate of drug-likeness (QED) is 0.430. The van der Waals surface area contributed by atoms with Crippen molar-refractivity contribution in [3.8, 4) is 0 Å². The minimum atomic E-state index is -4.42. The fourth-order valence-electron chi connectivity index (χ4n) is 3.74. The van der Waals surface area contributed by atoms with Crippen molar-refractivity contribution in [3.63, 3.8) is 0 Å². The van der Waals surface area contributed by atoms with Gasteiger partial charge in [0.15, 0.2) is 11.6 Å². The molecule has 4 rings (SSSR count). The third kappa shape index (κ3) is 6.67. The van der Waals surface area contributed by atoms with Crippen LogP contribution in [0.5, 0.6) is 0 Å². The van der Waals surface area contributed by atoms with Crippen LogP contribution in [-0.2, 0) is 6.18 Å². The number of hydrogen-bond donors (Lipinski definition) is 3. The van der Waals surface area contributed by atoms with E-state index in [2.05, 4.69) is 35.4 Å². The minimum Gasteiger partial charge on any atom is -0.395 e. The van der Waals surface area contributed by atoms with Gasteiger partial charge < -0.3 is 15.3 Å². The highest BCUT2D eigenvalue weighted by Gasteiger charge is 2.30. The molecule has 190 valence electrons. The fraction of sp³-hybridized carbons (Fsp3) is 0.333. The Morgan fingerprint density at radius 2 is 1.86 bits per heavy atom. The Hall–Kier alpha value is -3.77. The molecule has 1 aromatic carbocycles. The van der Waals surface area contributed by atoms with E-state index in [4.69, 9.17) is 0 Å². The average Bonchev–Trinajstić information content (AvgIpc) is 3.30. The van der Waals surface area contributed by atoms with Gasteiger partial charge in [0.05, 0.1) is 17.9 Å². The summed E-state index contributed by atoms with van der Waals surface area (Å²) in [4.78, 5) is 17.7. The average molecular weight is 501 g/mol. The maximum absolute atomic E-state index is 13.1. The first-order chi connectivity index (χ1) is 17.3. The lowest BCUT2D eigenvalue weighted by molar-refractivity contribution is -0.137. The lowest BCUT2D eigenvalue weighted by Gasteiger charge is -2.34. The van der Waals surface area contributed by atoms with Crippen LogP contribution >= 0.6 is 0 Å². The largest absolute Gasteiger partial charge is 0.416 e. The molecule has 1 aliphatic rings. The summed E-state index contributed by atoms with van der Waals surface area (Å²) in [6, 6.07) is 6.85. The summed E-state index contributed by atoms with van der Waals surface area (Å²) in [5.74, 6) is 1.52. The van der Waals surface area contributed by atoms with E-state index >= 15 is 0 Å². The van der Waals surface area contributed by atoms with Gasteiger partial charge in [0.1, 0.15) is 0 Å². The zero-order chi connectivity index (χ0) is 25.5. The lowest BCUT2D eigenvalue weighted by atomic mass is 10.1. The molecule has 12 heteroatoms. The topological polar surface area (TPSA) is 106 Å². The summed E-state index contributed by atoms with van der Waals surface area (Å²) in [6.07, 6.45) is 2.42. The van der Waals surface area contributed by atoms with Crippen molar-refractivity contribution in [3.05, 3.63) is 59.1 Å². The Morgan fingerprint density at radius 1 is 1.06 bits per heavy atom. The van der Waals surface area contributed by atoms with Gasteiger partial charge in [0, 0.05) is 38.8 Å². The van der Waals surface area contributed by atoms with Gasteiger partial charge in [-0.1, -0.05) is 24.3 Å². The van der Waals surface area contributed by atoms with Crippen LogP contribution < -0.4 is 10.2 Å². The van der Waals surface area contributed by atoms with Gasteiger partial charge in [-0.15, -0.1) is 0 Å². The number of β-amino-alcohol motifs (C(OH)–C–C–N with tert-alkyl or cyclic N) is 1. The molecule has 1 aliphatic heterocycles. The van der Waals surface area contributed by atoms with Gasteiger partial charge in [0.2, 0.25) is 11.9 Å². The van der Waals surface area contributed by atoms with Crippen LogP contribution in [0.1, 0.15) is 29.6 Å². The molecule has 3 N–H and O–H groups in total. The Kier molecular flexibility index (Phi) is 7.96. The molecule has 1 saturated heterocycles. The molecule has 1 fully saturated rings. The summed E-state index contributed by atoms with van der Waals surface area (Å²) in [6.45, 7) is 5.42. The lowest BCUT2D eigenvalue weighted by Crippen LogP contribution is -2.47. The molecule has 36 heavy (non-hydrogen) atoms. The highest BCUT2D eigenvalue weighted by molar-refractivity contribution is 5.68. The first-order valence-electron chi connectivity index (χ1n) is 11.5. The number of H-pyrrole nitrogens is 1. The van der Waals surface area contributed by atoms with Gasteiger partial charge in [-0.2, -0.15) is 33.2 Å². The number of halogens is 3. The molecule has 0 aliphatic carbocycles. The first-order valence-corrected chi connectivity index (χ1v) is 11.5. The first kappa shape index (κ1) is 25.3. The molecule has 0 saturated carbocycles. The second-order valence-electron chi connectivity index (χ2n) is 8.16. The van der Waals surface area contributed by atoms with Crippen molar-refractivity contribution in [1.29, 1.82) is 0 Å². The number of allylic oxidation sites excluding steroid dienone is 1. The van der Waals surface area contributed by atoms with Gasteiger partial charge >= 0.3 is 6.18 Å². The van der Waals surface area contributed by atoms with Crippen molar-refractivity contribution < 1.29 is 18.3 Å². The van der Waals surface area contributed by atoms with Crippen LogP contribution in [0, 0.1) is 0 Å². The van der Waals surface area contributed by atoms with E-state index in [0.29, 0.717) is 42.8 Å². The number of alkyl halides is 3. The number of anilines is 3. The number of piperazine rings is 1. The summed E-state index contributed by atoms with van der Waals surface area (Å²) < 4.78 is 39.2. The second kappa shape index (κ2) is 11.3. The number of aromatic amines is 1. The third-order valence-corrected chi connectivity index (χ3v) is 5.53. The van der Waals surface area contributed by atoms with Crippen molar-refractivity contribution in [2.24, 2.45) is 0 Å². The molecular formula is C24H27F3N8O. The number of benzene rings is 1. The highest BCUT2D eigenvalue weighted by atomic mass is 19.4. The summed E-state index contributed by atoms with van der Waals surface area (Å²) in [7, 11) is 0. The predicted octanol–water partition coefficient (Wildman–Crippen LogP) is 3.67. The number of aromatic nitrogens is 5. The summed E-state index contributed by atoms with van der Waals surface area (Å²) >= 11 is 0. The van der Waals surface area contributed by atoms with E-state index in [1.54, 1.807) is 18.2 Å². The van der Waals surface area contributed by atoms with Gasteiger partial charge in [-0.3, -0.25) is 10.00 Å². The van der Waals surface area contributed by atoms with Crippen molar-refractivity contribution in [2.75, 3.05) is 49.5 Å². The van der Waals surface area contributed by atoms with Crippen LogP contribution in [-0.4, -0.2) is 74.5 Å².